The summed E-state index contributed by atoms with van der Waals surface area (Å²) in [4.78, 5) is 29.4. The molecule has 0 radical (unpaired) electrons. The Balaban J connectivity index is 1.86. The van der Waals surface area contributed by atoms with E-state index in [4.69, 9.17) is 4.74 Å². The Morgan fingerprint density at radius 1 is 0.881 bits per heavy atom. The van der Waals surface area contributed by atoms with E-state index in [0.29, 0.717) is 37.6 Å². The summed E-state index contributed by atoms with van der Waals surface area (Å²) in [6, 6.07) is 23.1. The highest BCUT2D eigenvalue weighted by molar-refractivity contribution is 7.89. The van der Waals surface area contributed by atoms with Gasteiger partial charge in [0, 0.05) is 32.5 Å². The van der Waals surface area contributed by atoms with E-state index in [2.05, 4.69) is 23.9 Å². The molecular formula is C33H43N3O5S. The van der Waals surface area contributed by atoms with Gasteiger partial charge in [0.25, 0.3) is 0 Å². The summed E-state index contributed by atoms with van der Waals surface area (Å²) in [5, 5.41) is 3.06. The smallest absolute Gasteiger partial charge is 0.243 e. The number of benzene rings is 3. The maximum Gasteiger partial charge on any atom is 0.243 e. The van der Waals surface area contributed by atoms with Crippen molar-refractivity contribution < 1.29 is 22.7 Å². The molecule has 2 amide bonds. The van der Waals surface area contributed by atoms with E-state index in [1.807, 2.05) is 54.6 Å². The minimum atomic E-state index is -3.55. The van der Waals surface area contributed by atoms with E-state index in [9.17, 15) is 18.0 Å². The summed E-state index contributed by atoms with van der Waals surface area (Å²) >= 11 is 0. The van der Waals surface area contributed by atoms with E-state index in [0.717, 1.165) is 23.1 Å². The van der Waals surface area contributed by atoms with Gasteiger partial charge in [0.05, 0.1) is 12.0 Å². The van der Waals surface area contributed by atoms with Crippen LogP contribution in [0.3, 0.4) is 0 Å². The van der Waals surface area contributed by atoms with Crippen molar-refractivity contribution in [1.29, 1.82) is 0 Å². The zero-order valence-corrected chi connectivity index (χ0v) is 25.8. The monoisotopic (exact) mass is 593 g/mol. The lowest BCUT2D eigenvalue weighted by atomic mass is 10.0. The molecule has 3 aromatic carbocycles. The Morgan fingerprint density at radius 3 is 2.12 bits per heavy atom. The molecule has 0 aromatic heterocycles. The number of methoxy groups -OCH3 is 1. The SMILES string of the molecule is CCNS(=O)(=O)c1ccc(CCC(=O)N(Cc2ccc(OC)cc2)[C@H](Cc2ccccc2)C(=O)NCCC(C)C)cc1. The number of carbonyl (C=O) groups is 2. The zero-order chi connectivity index (χ0) is 30.5. The number of nitrogens with one attached hydrogen (secondary N) is 2. The predicted molar refractivity (Wildman–Crippen MR) is 166 cm³/mol. The van der Waals surface area contributed by atoms with E-state index in [1.54, 1.807) is 43.2 Å². The lowest BCUT2D eigenvalue weighted by molar-refractivity contribution is -0.141. The van der Waals surface area contributed by atoms with Crippen LogP contribution in [0.4, 0.5) is 0 Å². The number of hydrogen-bond acceptors (Lipinski definition) is 5. The molecule has 0 bridgehead atoms. The second-order valence-corrected chi connectivity index (χ2v) is 12.5. The van der Waals surface area contributed by atoms with Gasteiger partial charge in [-0.1, -0.05) is 75.4 Å². The number of rotatable bonds is 16. The highest BCUT2D eigenvalue weighted by atomic mass is 32.2. The van der Waals surface area contributed by atoms with Crippen molar-refractivity contribution in [1.82, 2.24) is 14.9 Å². The minimum absolute atomic E-state index is 0.157. The third-order valence-corrected chi connectivity index (χ3v) is 8.56. The first kappa shape index (κ1) is 32.8. The third kappa shape index (κ3) is 9.99. The number of ether oxygens (including phenoxy) is 1. The van der Waals surface area contributed by atoms with Crippen molar-refractivity contribution in [3.8, 4) is 5.75 Å². The Bertz CT molecular complexity index is 1380. The molecule has 3 rings (SSSR count). The average Bonchev–Trinajstić information content (AvgIpc) is 2.98. The van der Waals surface area contributed by atoms with Crippen LogP contribution in [0.15, 0.2) is 83.8 Å². The van der Waals surface area contributed by atoms with Crippen LogP contribution in [0.25, 0.3) is 0 Å². The molecule has 42 heavy (non-hydrogen) atoms. The number of sulfonamides is 1. The molecule has 9 heteroatoms. The van der Waals surface area contributed by atoms with Gasteiger partial charge in [-0.2, -0.15) is 0 Å². The first-order valence-corrected chi connectivity index (χ1v) is 15.9. The van der Waals surface area contributed by atoms with Gasteiger partial charge in [0.2, 0.25) is 21.8 Å². The molecule has 2 N–H and O–H groups in total. The Morgan fingerprint density at radius 2 is 1.52 bits per heavy atom. The first-order valence-electron chi connectivity index (χ1n) is 14.5. The van der Waals surface area contributed by atoms with Gasteiger partial charge in [-0.15, -0.1) is 0 Å². The second kappa shape index (κ2) is 16.1. The summed E-state index contributed by atoms with van der Waals surface area (Å²) in [6.45, 7) is 7.04. The highest BCUT2D eigenvalue weighted by Crippen LogP contribution is 2.20. The third-order valence-electron chi connectivity index (χ3n) is 7.00. The molecule has 0 aliphatic heterocycles. The molecule has 1 atom stereocenters. The van der Waals surface area contributed by atoms with Crippen LogP contribution in [0.5, 0.6) is 5.75 Å². The van der Waals surface area contributed by atoms with Gasteiger partial charge < -0.3 is 15.0 Å². The van der Waals surface area contributed by atoms with E-state index < -0.39 is 16.1 Å². The topological polar surface area (TPSA) is 105 Å². The fourth-order valence-electron chi connectivity index (χ4n) is 4.59. The van der Waals surface area contributed by atoms with E-state index in [1.165, 1.54) is 0 Å². The van der Waals surface area contributed by atoms with Crippen molar-refractivity contribution in [2.24, 2.45) is 5.92 Å². The number of nitrogens with zero attached hydrogens (tertiary/aromatic N) is 1. The Kier molecular flexibility index (Phi) is 12.6. The molecule has 8 nitrogen and oxygen atoms in total. The van der Waals surface area contributed by atoms with Crippen LogP contribution in [0.2, 0.25) is 0 Å². The van der Waals surface area contributed by atoms with Crippen LogP contribution < -0.4 is 14.8 Å². The Labute approximate surface area is 250 Å². The fraction of sp³-hybridized carbons (Fsp3) is 0.394. The summed E-state index contributed by atoms with van der Waals surface area (Å²) in [5.41, 5.74) is 2.69. The molecule has 0 heterocycles. The standard InChI is InChI=1S/C33H43N3O5S/c1-5-35-42(39,40)30-18-13-26(14-19-30)15-20-32(37)36(24-28-11-16-29(41-4)17-12-28)31(23-27-9-7-6-8-10-27)33(38)34-22-21-25(2)3/h6-14,16-19,25,31,35H,5,15,20-24H2,1-4H3,(H,34,38)/t31-/m1/s1. The van der Waals surface area contributed by atoms with Crippen molar-refractivity contribution in [3.05, 3.63) is 95.6 Å². The zero-order valence-electron chi connectivity index (χ0n) is 25.0. The van der Waals surface area contributed by atoms with Crippen LogP contribution in [-0.2, 0) is 39.0 Å². The van der Waals surface area contributed by atoms with E-state index in [-0.39, 0.29) is 29.7 Å². The molecule has 0 unspecified atom stereocenters. The first-order chi connectivity index (χ1) is 20.1. The summed E-state index contributed by atoms with van der Waals surface area (Å²) in [5.74, 6) is 0.812. The number of amides is 2. The molecular weight excluding hydrogens is 550 g/mol. The minimum Gasteiger partial charge on any atom is -0.497 e. The average molecular weight is 594 g/mol. The van der Waals surface area contributed by atoms with Crippen LogP contribution >= 0.6 is 0 Å². The molecule has 3 aromatic rings. The second-order valence-electron chi connectivity index (χ2n) is 10.7. The van der Waals surface area contributed by atoms with Gasteiger partial charge in [-0.25, -0.2) is 13.1 Å². The van der Waals surface area contributed by atoms with Crippen molar-refractivity contribution in [3.63, 3.8) is 0 Å². The fourth-order valence-corrected chi connectivity index (χ4v) is 5.63. The normalized spacial score (nSPS) is 12.1. The highest BCUT2D eigenvalue weighted by Gasteiger charge is 2.30. The number of aryl methyl sites for hydroxylation is 1. The maximum atomic E-state index is 13.9. The molecule has 0 aliphatic carbocycles. The lowest BCUT2D eigenvalue weighted by Gasteiger charge is -2.32. The van der Waals surface area contributed by atoms with Crippen LogP contribution in [-0.4, -0.2) is 51.4 Å². The summed E-state index contributed by atoms with van der Waals surface area (Å²) in [7, 11) is -1.95. The lowest BCUT2D eigenvalue weighted by Crippen LogP contribution is -2.50. The number of hydrogen-bond donors (Lipinski definition) is 2. The Hall–Kier alpha value is -3.69. The molecule has 0 spiro atoms. The largest absolute Gasteiger partial charge is 0.497 e. The maximum absolute atomic E-state index is 13.9. The van der Waals surface area contributed by atoms with Crippen molar-refractivity contribution in [2.75, 3.05) is 20.2 Å². The summed E-state index contributed by atoms with van der Waals surface area (Å²) < 4.78 is 32.4. The van der Waals surface area contributed by atoms with Gasteiger partial charge in [-0.3, -0.25) is 9.59 Å². The van der Waals surface area contributed by atoms with Crippen molar-refractivity contribution >= 4 is 21.8 Å². The molecule has 0 aliphatic rings. The number of carbonyl (C=O) groups excluding carboxylic acids is 2. The van der Waals surface area contributed by atoms with Gasteiger partial charge in [0.15, 0.2) is 0 Å². The van der Waals surface area contributed by atoms with Crippen LogP contribution in [0.1, 0.15) is 50.3 Å². The van der Waals surface area contributed by atoms with Gasteiger partial charge in [0.1, 0.15) is 11.8 Å². The predicted octanol–water partition coefficient (Wildman–Crippen LogP) is 4.73. The van der Waals surface area contributed by atoms with Gasteiger partial charge >= 0.3 is 0 Å². The molecule has 0 saturated heterocycles. The van der Waals surface area contributed by atoms with E-state index >= 15 is 0 Å². The van der Waals surface area contributed by atoms with Crippen molar-refractivity contribution in [2.45, 2.75) is 63.9 Å². The quantitative estimate of drug-likeness (QED) is 0.250. The summed E-state index contributed by atoms with van der Waals surface area (Å²) in [6.07, 6.45) is 1.80. The molecule has 0 saturated carbocycles. The molecule has 226 valence electrons. The van der Waals surface area contributed by atoms with Crippen LogP contribution in [0, 0.1) is 5.92 Å². The van der Waals surface area contributed by atoms with Gasteiger partial charge in [-0.05, 0) is 59.7 Å². The molecule has 0 fully saturated rings.